The van der Waals surface area contributed by atoms with Crippen molar-refractivity contribution >= 4 is 17.0 Å². The van der Waals surface area contributed by atoms with Crippen LogP contribution < -0.4 is 5.32 Å². The van der Waals surface area contributed by atoms with Gasteiger partial charge >= 0.3 is 6.18 Å². The van der Waals surface area contributed by atoms with Crippen molar-refractivity contribution in [2.45, 2.75) is 75.7 Å². The molecule has 4 heterocycles. The van der Waals surface area contributed by atoms with Gasteiger partial charge in [0.1, 0.15) is 24.6 Å². The molecule has 2 aromatic heterocycles. The maximum absolute atomic E-state index is 13.0. The lowest BCUT2D eigenvalue weighted by Gasteiger charge is -2.23. The van der Waals surface area contributed by atoms with E-state index in [1.165, 1.54) is 6.33 Å². The molecule has 0 spiro atoms. The summed E-state index contributed by atoms with van der Waals surface area (Å²) in [6.07, 6.45) is 2.76. The Hall–Kier alpha value is -2.42. The van der Waals surface area contributed by atoms with Crippen LogP contribution >= 0.6 is 0 Å². The normalized spacial score (nSPS) is 34.7. The van der Waals surface area contributed by atoms with Crippen LogP contribution in [0.1, 0.15) is 39.3 Å². The van der Waals surface area contributed by atoms with Crippen molar-refractivity contribution in [1.82, 2.24) is 19.5 Å². The molecule has 2 aromatic rings. The van der Waals surface area contributed by atoms with Gasteiger partial charge in [0.05, 0.1) is 12.2 Å². The molecule has 1 N–H and O–H groups in total. The zero-order valence-electron chi connectivity index (χ0n) is 17.0. The molecule has 6 atom stereocenters. The number of hydrogen-bond acceptors (Lipinski definition) is 7. The minimum absolute atomic E-state index is 0.00923. The minimum Gasteiger partial charge on any atom is -0.365 e. The van der Waals surface area contributed by atoms with E-state index < -0.39 is 42.4 Å². The molecule has 2 saturated heterocycles. The number of hydrogen-bond donors (Lipinski definition) is 1. The fraction of sp³-hybridized carbons (Fsp3) is 0.650. The standard InChI is InChI=1S/C20H22F3N5O3/c1-4-12-14-15(31-19(2,3)30-14)18(29-12)28-9-26-13-16(24-8-25-17(13)28)27-11-6-5-10(7-11)20(21,22)23/h1,8-12,14-15,18H,5-7H2,2-3H3,(H,24,25,27)/t10?,11?,12-,14-,15-,18-/m1/s1. The summed E-state index contributed by atoms with van der Waals surface area (Å²) < 4.78 is 58.6. The number of imidazole rings is 1. The highest BCUT2D eigenvalue weighted by Crippen LogP contribution is 2.44. The van der Waals surface area contributed by atoms with E-state index in [-0.39, 0.29) is 18.9 Å². The lowest BCUT2D eigenvalue weighted by atomic mass is 10.1. The summed E-state index contributed by atoms with van der Waals surface area (Å²) in [5.74, 6) is 0.881. The first-order valence-electron chi connectivity index (χ1n) is 10.1. The third-order valence-electron chi connectivity index (χ3n) is 6.06. The van der Waals surface area contributed by atoms with Crippen molar-refractivity contribution in [2.75, 3.05) is 5.32 Å². The molecule has 8 nitrogen and oxygen atoms in total. The molecular formula is C20H22F3N5O3. The van der Waals surface area contributed by atoms with Crippen LogP contribution in [-0.4, -0.2) is 55.8 Å². The van der Waals surface area contributed by atoms with Crippen LogP contribution in [0.15, 0.2) is 12.7 Å². The van der Waals surface area contributed by atoms with Crippen LogP contribution in [0.5, 0.6) is 0 Å². The average Bonchev–Trinajstić information content (AvgIpc) is 3.43. The van der Waals surface area contributed by atoms with Gasteiger partial charge in [0, 0.05) is 6.04 Å². The van der Waals surface area contributed by atoms with Gasteiger partial charge in [-0.2, -0.15) is 13.2 Å². The van der Waals surface area contributed by atoms with E-state index >= 15 is 0 Å². The molecule has 0 bridgehead atoms. The second-order valence-electron chi connectivity index (χ2n) is 8.62. The van der Waals surface area contributed by atoms with Crippen molar-refractivity contribution in [1.29, 1.82) is 0 Å². The second kappa shape index (κ2) is 7.05. The van der Waals surface area contributed by atoms with Crippen LogP contribution in [-0.2, 0) is 14.2 Å². The van der Waals surface area contributed by atoms with Crippen LogP contribution in [0.25, 0.3) is 11.2 Å². The lowest BCUT2D eigenvalue weighted by Crippen LogP contribution is -2.28. The molecule has 31 heavy (non-hydrogen) atoms. The molecule has 2 unspecified atom stereocenters. The van der Waals surface area contributed by atoms with E-state index in [4.69, 9.17) is 20.6 Å². The molecule has 166 valence electrons. The Bertz CT molecular complexity index is 1030. The molecule has 0 aromatic carbocycles. The maximum Gasteiger partial charge on any atom is 0.391 e. The number of fused-ring (bicyclic) bond motifs is 2. The number of anilines is 1. The van der Waals surface area contributed by atoms with Crippen LogP contribution in [0.3, 0.4) is 0 Å². The van der Waals surface area contributed by atoms with Crippen molar-refractivity contribution < 1.29 is 27.4 Å². The number of aromatic nitrogens is 4. The molecule has 1 saturated carbocycles. The van der Waals surface area contributed by atoms with E-state index in [0.717, 1.165) is 0 Å². The van der Waals surface area contributed by atoms with Gasteiger partial charge in [0.25, 0.3) is 0 Å². The van der Waals surface area contributed by atoms with Crippen molar-refractivity contribution in [2.24, 2.45) is 5.92 Å². The number of terminal acetylenes is 1. The number of ether oxygens (including phenoxy) is 3. The van der Waals surface area contributed by atoms with Gasteiger partial charge in [-0.1, -0.05) is 5.92 Å². The third kappa shape index (κ3) is 3.52. The van der Waals surface area contributed by atoms with Crippen LogP contribution in [0.2, 0.25) is 0 Å². The number of halogens is 3. The summed E-state index contributed by atoms with van der Waals surface area (Å²) >= 11 is 0. The monoisotopic (exact) mass is 437 g/mol. The summed E-state index contributed by atoms with van der Waals surface area (Å²) in [6.45, 7) is 3.62. The van der Waals surface area contributed by atoms with E-state index in [1.54, 1.807) is 10.9 Å². The molecular weight excluding hydrogens is 415 g/mol. The first-order valence-corrected chi connectivity index (χ1v) is 10.1. The molecule has 2 aliphatic heterocycles. The quantitative estimate of drug-likeness (QED) is 0.739. The summed E-state index contributed by atoms with van der Waals surface area (Å²) in [7, 11) is 0. The van der Waals surface area contributed by atoms with Crippen molar-refractivity contribution in [3.8, 4) is 12.3 Å². The van der Waals surface area contributed by atoms with E-state index in [2.05, 4.69) is 26.2 Å². The topological polar surface area (TPSA) is 83.3 Å². The van der Waals surface area contributed by atoms with Gasteiger partial charge < -0.3 is 19.5 Å². The molecule has 3 fully saturated rings. The number of nitrogens with zero attached hydrogens (tertiary/aromatic N) is 4. The Kier molecular flexibility index (Phi) is 4.66. The molecule has 0 amide bonds. The Morgan fingerprint density at radius 1 is 1.19 bits per heavy atom. The van der Waals surface area contributed by atoms with E-state index in [1.807, 2.05) is 13.8 Å². The highest BCUT2D eigenvalue weighted by Gasteiger charge is 2.56. The first kappa shape index (κ1) is 20.5. The van der Waals surface area contributed by atoms with Gasteiger partial charge in [-0.15, -0.1) is 6.42 Å². The molecule has 1 aliphatic carbocycles. The predicted molar refractivity (Wildman–Crippen MR) is 103 cm³/mol. The number of rotatable bonds is 3. The highest BCUT2D eigenvalue weighted by atomic mass is 19.4. The van der Waals surface area contributed by atoms with Gasteiger partial charge in [-0.05, 0) is 33.1 Å². The van der Waals surface area contributed by atoms with Crippen molar-refractivity contribution in [3.63, 3.8) is 0 Å². The Labute approximate surface area is 176 Å². The predicted octanol–water partition coefficient (Wildman–Crippen LogP) is 3.02. The third-order valence-corrected chi connectivity index (χ3v) is 6.06. The average molecular weight is 437 g/mol. The summed E-state index contributed by atoms with van der Waals surface area (Å²) in [4.78, 5) is 12.9. The SMILES string of the molecule is C#C[C@H]1O[C@@H](n2cnc3c(NC4CCC(C(F)(F)F)C4)ncnc32)[C@@H]2OC(C)(C)O[C@@H]21. The summed E-state index contributed by atoms with van der Waals surface area (Å²) in [6, 6.07) is -0.333. The molecule has 0 radical (unpaired) electrons. The highest BCUT2D eigenvalue weighted by molar-refractivity contribution is 5.82. The van der Waals surface area contributed by atoms with E-state index in [9.17, 15) is 13.2 Å². The maximum atomic E-state index is 13.0. The zero-order chi connectivity index (χ0) is 22.0. The number of alkyl halides is 3. The smallest absolute Gasteiger partial charge is 0.365 e. The fourth-order valence-electron chi connectivity index (χ4n) is 4.68. The van der Waals surface area contributed by atoms with Gasteiger partial charge in [0.2, 0.25) is 0 Å². The number of nitrogens with one attached hydrogen (secondary N) is 1. The van der Waals surface area contributed by atoms with E-state index in [0.29, 0.717) is 23.4 Å². The summed E-state index contributed by atoms with van der Waals surface area (Å²) in [5.41, 5.74) is 0.915. The fourth-order valence-corrected chi connectivity index (χ4v) is 4.68. The van der Waals surface area contributed by atoms with Crippen LogP contribution in [0.4, 0.5) is 19.0 Å². The Morgan fingerprint density at radius 3 is 2.68 bits per heavy atom. The largest absolute Gasteiger partial charge is 0.391 e. The lowest BCUT2D eigenvalue weighted by molar-refractivity contribution is -0.190. The molecule has 11 heteroatoms. The van der Waals surface area contributed by atoms with Gasteiger partial charge in [-0.25, -0.2) is 15.0 Å². The minimum atomic E-state index is -4.18. The van der Waals surface area contributed by atoms with Crippen molar-refractivity contribution in [3.05, 3.63) is 12.7 Å². The second-order valence-corrected chi connectivity index (χ2v) is 8.62. The Balaban J connectivity index is 1.41. The Morgan fingerprint density at radius 2 is 1.97 bits per heavy atom. The van der Waals surface area contributed by atoms with Gasteiger partial charge in [-0.3, -0.25) is 4.57 Å². The van der Waals surface area contributed by atoms with Crippen LogP contribution in [0, 0.1) is 18.3 Å². The molecule has 5 rings (SSSR count). The molecule has 3 aliphatic rings. The van der Waals surface area contributed by atoms with Gasteiger partial charge in [0.15, 0.2) is 29.0 Å². The summed E-state index contributed by atoms with van der Waals surface area (Å²) in [5, 5.41) is 3.11. The first-order chi connectivity index (χ1) is 14.7. The zero-order valence-corrected chi connectivity index (χ0v) is 17.0.